The van der Waals surface area contributed by atoms with E-state index in [9.17, 15) is 4.79 Å². The van der Waals surface area contributed by atoms with E-state index in [1.807, 2.05) is 6.92 Å². The van der Waals surface area contributed by atoms with Crippen molar-refractivity contribution in [2.45, 2.75) is 18.2 Å². The molecule has 0 rings (SSSR count). The highest BCUT2D eigenvalue weighted by atomic mass is 79.9. The number of nitrogens with one attached hydrogen (secondary N) is 1. The van der Waals surface area contributed by atoms with Gasteiger partial charge in [0.2, 0.25) is 5.91 Å². The van der Waals surface area contributed by atoms with E-state index in [0.717, 1.165) is 6.42 Å². The maximum atomic E-state index is 10.6. The molecule has 1 atom stereocenters. The SMILES string of the molecule is CCC(Br)C(=O)NC. The summed E-state index contributed by atoms with van der Waals surface area (Å²) in [5.41, 5.74) is 0. The van der Waals surface area contributed by atoms with Gasteiger partial charge in [-0.15, -0.1) is 0 Å². The molecular weight excluding hydrogens is 170 g/mol. The van der Waals surface area contributed by atoms with Crippen LogP contribution in [0.4, 0.5) is 0 Å². The molecule has 2 nitrogen and oxygen atoms in total. The third kappa shape index (κ3) is 2.31. The minimum absolute atomic E-state index is 0.0208. The highest BCUT2D eigenvalue weighted by Gasteiger charge is 2.07. The normalized spacial score (nSPS) is 12.9. The average Bonchev–Trinajstić information content (AvgIpc) is 1.84. The first-order chi connectivity index (χ1) is 3.72. The number of hydrogen-bond acceptors (Lipinski definition) is 1. The number of carbonyl (C=O) groups excluding carboxylic acids is 1. The molecule has 0 saturated heterocycles. The Kier molecular flexibility index (Phi) is 3.87. The summed E-state index contributed by atoms with van der Waals surface area (Å²) in [5, 5.41) is 2.53. The quantitative estimate of drug-likeness (QED) is 0.628. The van der Waals surface area contributed by atoms with Crippen molar-refractivity contribution in [1.82, 2.24) is 5.32 Å². The van der Waals surface area contributed by atoms with E-state index >= 15 is 0 Å². The number of carbonyl (C=O) groups is 1. The molecular formula is C5H10BrNO. The van der Waals surface area contributed by atoms with Crippen molar-refractivity contribution >= 4 is 21.8 Å². The minimum Gasteiger partial charge on any atom is -0.358 e. The van der Waals surface area contributed by atoms with E-state index in [4.69, 9.17) is 0 Å². The van der Waals surface area contributed by atoms with Crippen LogP contribution >= 0.6 is 15.9 Å². The van der Waals surface area contributed by atoms with E-state index in [1.165, 1.54) is 0 Å². The van der Waals surface area contributed by atoms with Gasteiger partial charge in [0.1, 0.15) is 0 Å². The molecule has 0 aromatic heterocycles. The fraction of sp³-hybridized carbons (Fsp3) is 0.800. The maximum Gasteiger partial charge on any atom is 0.233 e. The average molecular weight is 180 g/mol. The van der Waals surface area contributed by atoms with Gasteiger partial charge < -0.3 is 5.32 Å². The summed E-state index contributed by atoms with van der Waals surface area (Å²) in [6.07, 6.45) is 0.833. The van der Waals surface area contributed by atoms with E-state index in [0.29, 0.717) is 0 Å². The first kappa shape index (κ1) is 7.95. The molecule has 0 radical (unpaired) electrons. The highest BCUT2D eigenvalue weighted by molar-refractivity contribution is 9.10. The zero-order valence-electron chi connectivity index (χ0n) is 5.07. The second-order valence-electron chi connectivity index (χ2n) is 1.49. The molecule has 1 amide bonds. The molecule has 48 valence electrons. The molecule has 0 aliphatic carbocycles. The fourth-order valence-electron chi connectivity index (χ4n) is 0.342. The molecule has 0 saturated carbocycles. The van der Waals surface area contributed by atoms with Crippen molar-refractivity contribution in [3.8, 4) is 0 Å². The Morgan fingerprint density at radius 2 is 2.38 bits per heavy atom. The van der Waals surface area contributed by atoms with Gasteiger partial charge in [0, 0.05) is 7.05 Å². The van der Waals surface area contributed by atoms with Crippen LogP contribution in [0.5, 0.6) is 0 Å². The van der Waals surface area contributed by atoms with Crippen LogP contribution in [0.15, 0.2) is 0 Å². The first-order valence-corrected chi connectivity index (χ1v) is 3.49. The molecule has 0 fully saturated rings. The zero-order valence-corrected chi connectivity index (χ0v) is 6.66. The van der Waals surface area contributed by atoms with Crippen LogP contribution in [-0.4, -0.2) is 17.8 Å². The van der Waals surface area contributed by atoms with Crippen LogP contribution in [0.3, 0.4) is 0 Å². The predicted molar refractivity (Wildman–Crippen MR) is 37.1 cm³/mol. The second-order valence-corrected chi connectivity index (χ2v) is 2.60. The Morgan fingerprint density at radius 3 is 2.50 bits per heavy atom. The van der Waals surface area contributed by atoms with E-state index in [-0.39, 0.29) is 10.7 Å². The van der Waals surface area contributed by atoms with Crippen LogP contribution < -0.4 is 5.32 Å². The van der Waals surface area contributed by atoms with Crippen LogP contribution in [0, 0.1) is 0 Å². The lowest BCUT2D eigenvalue weighted by molar-refractivity contribution is -0.119. The Hall–Kier alpha value is -0.0500. The van der Waals surface area contributed by atoms with Gasteiger partial charge in [0.25, 0.3) is 0 Å². The number of amides is 1. The van der Waals surface area contributed by atoms with Crippen LogP contribution in [-0.2, 0) is 4.79 Å². The Bertz CT molecular complexity index is 84.5. The van der Waals surface area contributed by atoms with Crippen molar-refractivity contribution in [1.29, 1.82) is 0 Å². The highest BCUT2D eigenvalue weighted by Crippen LogP contribution is 2.02. The third-order valence-corrected chi connectivity index (χ3v) is 1.95. The lowest BCUT2D eigenvalue weighted by Gasteiger charge is -2.01. The summed E-state index contributed by atoms with van der Waals surface area (Å²) >= 11 is 3.19. The van der Waals surface area contributed by atoms with Gasteiger partial charge in [-0.1, -0.05) is 22.9 Å². The van der Waals surface area contributed by atoms with Gasteiger partial charge >= 0.3 is 0 Å². The van der Waals surface area contributed by atoms with Gasteiger partial charge in [0.05, 0.1) is 4.83 Å². The molecule has 0 aromatic carbocycles. The molecule has 0 aromatic rings. The van der Waals surface area contributed by atoms with Gasteiger partial charge in [0.15, 0.2) is 0 Å². The van der Waals surface area contributed by atoms with Crippen molar-refractivity contribution in [2.24, 2.45) is 0 Å². The number of alkyl halides is 1. The monoisotopic (exact) mass is 179 g/mol. The number of rotatable bonds is 2. The lowest BCUT2D eigenvalue weighted by atomic mass is 10.3. The minimum atomic E-state index is -0.0208. The summed E-state index contributed by atoms with van der Waals surface area (Å²) in [6.45, 7) is 1.95. The summed E-state index contributed by atoms with van der Waals surface area (Å²) in [6, 6.07) is 0. The maximum absolute atomic E-state index is 10.6. The van der Waals surface area contributed by atoms with Crippen LogP contribution in [0.2, 0.25) is 0 Å². The number of halogens is 1. The summed E-state index contributed by atoms with van der Waals surface area (Å²) in [5.74, 6) is 0.0486. The van der Waals surface area contributed by atoms with E-state index < -0.39 is 0 Å². The molecule has 3 heteroatoms. The molecule has 0 aliphatic rings. The largest absolute Gasteiger partial charge is 0.358 e. The molecule has 8 heavy (non-hydrogen) atoms. The summed E-state index contributed by atoms with van der Waals surface area (Å²) < 4.78 is 0. The fourth-order valence-corrected chi connectivity index (χ4v) is 0.571. The van der Waals surface area contributed by atoms with Crippen LogP contribution in [0.1, 0.15) is 13.3 Å². The Labute approximate surface area is 57.8 Å². The zero-order chi connectivity index (χ0) is 6.57. The van der Waals surface area contributed by atoms with Gasteiger partial charge in [-0.2, -0.15) is 0 Å². The van der Waals surface area contributed by atoms with E-state index in [1.54, 1.807) is 7.05 Å². The van der Waals surface area contributed by atoms with Crippen molar-refractivity contribution in [3.05, 3.63) is 0 Å². The molecule has 1 N–H and O–H groups in total. The second kappa shape index (κ2) is 3.89. The lowest BCUT2D eigenvalue weighted by Crippen LogP contribution is -2.26. The Morgan fingerprint density at radius 1 is 1.88 bits per heavy atom. The number of hydrogen-bond donors (Lipinski definition) is 1. The van der Waals surface area contributed by atoms with Gasteiger partial charge in [-0.25, -0.2) is 0 Å². The van der Waals surface area contributed by atoms with Crippen LogP contribution in [0.25, 0.3) is 0 Å². The van der Waals surface area contributed by atoms with E-state index in [2.05, 4.69) is 21.2 Å². The molecule has 1 unspecified atom stereocenters. The Balaban J connectivity index is 3.46. The van der Waals surface area contributed by atoms with Crippen molar-refractivity contribution in [3.63, 3.8) is 0 Å². The summed E-state index contributed by atoms with van der Waals surface area (Å²) in [7, 11) is 1.63. The van der Waals surface area contributed by atoms with Gasteiger partial charge in [-0.3, -0.25) is 4.79 Å². The third-order valence-electron chi connectivity index (χ3n) is 0.889. The topological polar surface area (TPSA) is 29.1 Å². The smallest absolute Gasteiger partial charge is 0.233 e. The first-order valence-electron chi connectivity index (χ1n) is 2.58. The molecule has 0 spiro atoms. The predicted octanol–water partition coefficient (Wildman–Crippen LogP) is 0.906. The summed E-state index contributed by atoms with van der Waals surface area (Å²) in [4.78, 5) is 10.6. The molecule has 0 aliphatic heterocycles. The van der Waals surface area contributed by atoms with Crippen molar-refractivity contribution in [2.75, 3.05) is 7.05 Å². The standard InChI is InChI=1S/C5H10BrNO/c1-3-4(6)5(8)7-2/h4H,3H2,1-2H3,(H,7,8). The molecule has 0 bridgehead atoms. The van der Waals surface area contributed by atoms with Crippen molar-refractivity contribution < 1.29 is 4.79 Å². The molecule has 0 heterocycles. The van der Waals surface area contributed by atoms with Gasteiger partial charge in [-0.05, 0) is 6.42 Å².